The maximum absolute atomic E-state index is 11.8. The molecule has 0 saturated heterocycles. The monoisotopic (exact) mass is 280 g/mol. The van der Waals surface area contributed by atoms with Crippen LogP contribution in [0.2, 0.25) is 0 Å². The summed E-state index contributed by atoms with van der Waals surface area (Å²) in [5, 5.41) is -0.198. The number of esters is 1. The largest absolute Gasteiger partial charge is 0.468 e. The number of carbonyl (C=O) groups is 2. The molecule has 0 heterocycles. The number of thioether (sulfide) groups is 1. The highest BCUT2D eigenvalue weighted by Crippen LogP contribution is 2.26. The van der Waals surface area contributed by atoms with Crippen LogP contribution in [0.3, 0.4) is 0 Å². The van der Waals surface area contributed by atoms with E-state index in [1.54, 1.807) is 0 Å². The Labute approximate surface area is 118 Å². The van der Waals surface area contributed by atoms with E-state index < -0.39 is 0 Å². The van der Waals surface area contributed by atoms with Gasteiger partial charge < -0.3 is 4.74 Å². The molecule has 0 spiro atoms. The van der Waals surface area contributed by atoms with E-state index in [0.717, 1.165) is 4.90 Å². The van der Waals surface area contributed by atoms with Crippen LogP contribution in [0.1, 0.15) is 37.6 Å². The number of carbonyl (C=O) groups excluding carboxylic acids is 2. The first-order valence-corrected chi connectivity index (χ1v) is 7.26. The van der Waals surface area contributed by atoms with Gasteiger partial charge in [0.05, 0.1) is 7.11 Å². The zero-order valence-corrected chi connectivity index (χ0v) is 12.6. The molecule has 1 unspecified atom stereocenters. The summed E-state index contributed by atoms with van der Waals surface area (Å²) in [6, 6.07) is 7.39. The predicted molar refractivity (Wildman–Crippen MR) is 77.6 cm³/mol. The summed E-state index contributed by atoms with van der Waals surface area (Å²) >= 11 is 1.46. The van der Waals surface area contributed by atoms with Crippen molar-refractivity contribution in [2.45, 2.75) is 37.3 Å². The minimum Gasteiger partial charge on any atom is -0.468 e. The molecular formula is C15H20O3S. The Morgan fingerprint density at radius 3 is 2.21 bits per heavy atom. The maximum Gasteiger partial charge on any atom is 0.319 e. The third kappa shape index (κ3) is 4.39. The Morgan fingerprint density at radius 1 is 1.21 bits per heavy atom. The fraction of sp³-hybridized carbons (Fsp3) is 0.467. The summed E-state index contributed by atoms with van der Waals surface area (Å²) in [6.45, 7) is 5.72. The number of Topliss-reactive ketones (excluding diaryl/α,β-unsaturated/α-hetero) is 1. The molecule has 104 valence electrons. The Balaban J connectivity index is 2.76. The van der Waals surface area contributed by atoms with Crippen LogP contribution in [0.25, 0.3) is 0 Å². The topological polar surface area (TPSA) is 43.4 Å². The zero-order valence-electron chi connectivity index (χ0n) is 11.8. The first kappa shape index (κ1) is 15.8. The van der Waals surface area contributed by atoms with Gasteiger partial charge in [-0.25, -0.2) is 0 Å². The molecule has 4 heteroatoms. The van der Waals surface area contributed by atoms with Crippen LogP contribution >= 0.6 is 11.8 Å². The average Bonchev–Trinajstić information content (AvgIpc) is 2.43. The van der Waals surface area contributed by atoms with Crippen molar-refractivity contribution < 1.29 is 14.3 Å². The number of hydrogen-bond acceptors (Lipinski definition) is 4. The van der Waals surface area contributed by atoms with Gasteiger partial charge in [0.2, 0.25) is 0 Å². The third-order valence-electron chi connectivity index (χ3n) is 2.78. The van der Waals surface area contributed by atoms with Crippen molar-refractivity contribution in [3.63, 3.8) is 0 Å². The molecule has 0 bridgehead atoms. The molecule has 0 N–H and O–H groups in total. The van der Waals surface area contributed by atoms with Gasteiger partial charge in [-0.3, -0.25) is 9.59 Å². The second-order valence-electron chi connectivity index (χ2n) is 4.58. The molecule has 0 aliphatic rings. The lowest BCUT2D eigenvalue weighted by atomic mass is 10.0. The standard InChI is InChI=1S/C15H20O3S/c1-5-13(15(17)18-4)19-12-8-6-11(7-9-12)14(16)10(2)3/h6-10,13H,5H2,1-4H3. The molecule has 0 radical (unpaired) electrons. The third-order valence-corrected chi connectivity index (χ3v) is 4.13. The minimum absolute atomic E-state index is 0.00281. The van der Waals surface area contributed by atoms with Crippen molar-refractivity contribution in [1.29, 1.82) is 0 Å². The van der Waals surface area contributed by atoms with E-state index in [-0.39, 0.29) is 22.9 Å². The summed E-state index contributed by atoms with van der Waals surface area (Å²) < 4.78 is 4.75. The SMILES string of the molecule is CCC(Sc1ccc(C(=O)C(C)C)cc1)C(=O)OC. The van der Waals surface area contributed by atoms with E-state index in [1.165, 1.54) is 18.9 Å². The molecule has 0 fully saturated rings. The Kier molecular flexibility index (Phi) is 6.09. The predicted octanol–water partition coefficient (Wildman–Crippen LogP) is 3.57. The molecule has 1 atom stereocenters. The van der Waals surface area contributed by atoms with Gasteiger partial charge in [-0.2, -0.15) is 0 Å². The fourth-order valence-corrected chi connectivity index (χ4v) is 2.61. The van der Waals surface area contributed by atoms with Gasteiger partial charge in [0.15, 0.2) is 5.78 Å². The normalized spacial score (nSPS) is 12.3. The number of methoxy groups -OCH3 is 1. The van der Waals surface area contributed by atoms with Crippen molar-refractivity contribution in [3.8, 4) is 0 Å². The summed E-state index contributed by atoms with van der Waals surface area (Å²) in [6.07, 6.45) is 0.712. The van der Waals surface area contributed by atoms with Crippen molar-refractivity contribution in [2.75, 3.05) is 7.11 Å². The minimum atomic E-state index is -0.213. The molecule has 1 aromatic rings. The molecule has 0 saturated carbocycles. The van der Waals surface area contributed by atoms with Crippen molar-refractivity contribution in [1.82, 2.24) is 0 Å². The van der Waals surface area contributed by atoms with Crippen molar-refractivity contribution in [3.05, 3.63) is 29.8 Å². The average molecular weight is 280 g/mol. The lowest BCUT2D eigenvalue weighted by molar-refractivity contribution is -0.140. The van der Waals surface area contributed by atoms with Crippen molar-refractivity contribution >= 4 is 23.5 Å². The van der Waals surface area contributed by atoms with Gasteiger partial charge in [-0.05, 0) is 18.6 Å². The zero-order chi connectivity index (χ0) is 14.4. The van der Waals surface area contributed by atoms with Crippen LogP contribution in [-0.4, -0.2) is 24.1 Å². The van der Waals surface area contributed by atoms with Gasteiger partial charge in [-0.15, -0.1) is 11.8 Å². The number of ether oxygens (including phenoxy) is 1. The second kappa shape index (κ2) is 7.34. The summed E-state index contributed by atoms with van der Waals surface area (Å²) in [5.41, 5.74) is 0.713. The van der Waals surface area contributed by atoms with Crippen LogP contribution in [0.5, 0.6) is 0 Å². The highest BCUT2D eigenvalue weighted by molar-refractivity contribution is 8.00. The van der Waals surface area contributed by atoms with Crippen molar-refractivity contribution in [2.24, 2.45) is 5.92 Å². The Hall–Kier alpha value is -1.29. The van der Waals surface area contributed by atoms with E-state index in [4.69, 9.17) is 4.74 Å². The van der Waals surface area contributed by atoms with Crippen LogP contribution in [0.4, 0.5) is 0 Å². The maximum atomic E-state index is 11.8. The molecule has 0 aliphatic heterocycles. The smallest absolute Gasteiger partial charge is 0.319 e. The molecule has 0 aromatic heterocycles. The van der Waals surface area contributed by atoms with Crippen LogP contribution < -0.4 is 0 Å². The number of rotatable bonds is 6. The van der Waals surface area contributed by atoms with Gasteiger partial charge in [0.1, 0.15) is 5.25 Å². The van der Waals surface area contributed by atoms with Gasteiger partial charge in [-0.1, -0.05) is 32.9 Å². The summed E-state index contributed by atoms with van der Waals surface area (Å²) in [5.74, 6) is -0.0802. The summed E-state index contributed by atoms with van der Waals surface area (Å²) in [7, 11) is 1.40. The van der Waals surface area contributed by atoms with E-state index in [1.807, 2.05) is 45.0 Å². The Bertz CT molecular complexity index is 437. The second-order valence-corrected chi connectivity index (χ2v) is 5.86. The van der Waals surface area contributed by atoms with E-state index >= 15 is 0 Å². The van der Waals surface area contributed by atoms with Crippen LogP contribution in [0.15, 0.2) is 29.2 Å². The first-order chi connectivity index (χ1) is 8.99. The Morgan fingerprint density at radius 2 is 1.79 bits per heavy atom. The van der Waals surface area contributed by atoms with E-state index in [9.17, 15) is 9.59 Å². The number of ketones is 1. The first-order valence-electron chi connectivity index (χ1n) is 6.38. The van der Waals surface area contributed by atoms with E-state index in [0.29, 0.717) is 12.0 Å². The van der Waals surface area contributed by atoms with Gasteiger partial charge in [0.25, 0.3) is 0 Å². The molecule has 0 amide bonds. The molecule has 1 rings (SSSR count). The highest BCUT2D eigenvalue weighted by atomic mass is 32.2. The quantitative estimate of drug-likeness (QED) is 0.454. The van der Waals surface area contributed by atoms with E-state index in [2.05, 4.69) is 0 Å². The van der Waals surface area contributed by atoms with Crippen LogP contribution in [-0.2, 0) is 9.53 Å². The van der Waals surface area contributed by atoms with Gasteiger partial charge >= 0.3 is 5.97 Å². The summed E-state index contributed by atoms with van der Waals surface area (Å²) in [4.78, 5) is 24.3. The molecule has 0 aliphatic carbocycles. The number of benzene rings is 1. The molecular weight excluding hydrogens is 260 g/mol. The molecule has 1 aromatic carbocycles. The molecule has 19 heavy (non-hydrogen) atoms. The lowest BCUT2D eigenvalue weighted by Crippen LogP contribution is -2.17. The highest BCUT2D eigenvalue weighted by Gasteiger charge is 2.18. The van der Waals surface area contributed by atoms with Crippen LogP contribution in [0, 0.1) is 5.92 Å². The lowest BCUT2D eigenvalue weighted by Gasteiger charge is -2.12. The van der Waals surface area contributed by atoms with Gasteiger partial charge in [0, 0.05) is 16.4 Å². The fourth-order valence-electron chi connectivity index (χ4n) is 1.62. The number of hydrogen-bond donors (Lipinski definition) is 0. The molecule has 3 nitrogen and oxygen atoms in total.